The first-order valence-corrected chi connectivity index (χ1v) is 4.22. The summed E-state index contributed by atoms with van der Waals surface area (Å²) in [5.74, 6) is -0.683. The number of nitrogens with one attached hydrogen (secondary N) is 1. The summed E-state index contributed by atoms with van der Waals surface area (Å²) < 4.78 is 30.5. The number of carbonyl (C=O) groups excluding carboxylic acids is 1. The quantitative estimate of drug-likeness (QED) is 0.288. The van der Waals surface area contributed by atoms with Crippen LogP contribution in [0.15, 0.2) is 12.7 Å². The first-order chi connectivity index (χ1) is 4.88. The van der Waals surface area contributed by atoms with Gasteiger partial charge in [0.15, 0.2) is 0 Å². The molecule has 0 heterocycles. The summed E-state index contributed by atoms with van der Waals surface area (Å²) in [5, 5.41) is 0.503. The van der Waals surface area contributed by atoms with Crippen LogP contribution in [0.4, 0.5) is 0 Å². The zero-order valence-corrected chi connectivity index (χ0v) is 9.72. The largest absolute Gasteiger partial charge is 1.00 e. The van der Waals surface area contributed by atoms with E-state index < -0.39 is 21.4 Å². The van der Waals surface area contributed by atoms with Gasteiger partial charge in [-0.05, 0) is 13.0 Å². The van der Waals surface area contributed by atoms with Crippen LogP contribution in [0.2, 0.25) is 0 Å². The summed E-state index contributed by atoms with van der Waals surface area (Å²) in [6, 6.07) is 0. The summed E-state index contributed by atoms with van der Waals surface area (Å²) in [6.07, 6.45) is 0.891. The number of hydrogen-bond acceptors (Lipinski definition) is 4. The first kappa shape index (κ1) is 14.6. The molecule has 0 radical (unpaired) electrons. The molecule has 0 saturated heterocycles. The summed E-state index contributed by atoms with van der Waals surface area (Å²) in [7, 11) is -4.44. The predicted octanol–water partition coefficient (Wildman–Crippen LogP) is -3.82. The van der Waals surface area contributed by atoms with Crippen molar-refractivity contribution in [2.75, 3.05) is 0 Å². The van der Waals surface area contributed by atoms with E-state index in [0.717, 1.165) is 13.0 Å². The molecule has 0 spiro atoms. The standard InChI is InChI=1S/C5H9NO4S.Na/c1-3-5(7)6-4(2)11(8,9)10;/h3-4H,1H2,2H3,(H,6,7)(H,8,9,10);/q;+1/p-1. The predicted molar refractivity (Wildman–Crippen MR) is 37.5 cm³/mol. The van der Waals surface area contributed by atoms with Crippen LogP contribution in [0.1, 0.15) is 6.92 Å². The maximum atomic E-state index is 10.4. The van der Waals surface area contributed by atoms with Crippen molar-refractivity contribution in [1.29, 1.82) is 0 Å². The zero-order chi connectivity index (χ0) is 9.07. The summed E-state index contributed by atoms with van der Waals surface area (Å²) in [6.45, 7) is 4.17. The van der Waals surface area contributed by atoms with E-state index in [0.29, 0.717) is 0 Å². The SMILES string of the molecule is C=CC(=O)NC(C)S(=O)(=O)[O-].[Na+]. The van der Waals surface area contributed by atoms with Gasteiger partial charge in [-0.1, -0.05) is 6.58 Å². The van der Waals surface area contributed by atoms with Crippen LogP contribution in [0.5, 0.6) is 0 Å². The molecule has 12 heavy (non-hydrogen) atoms. The minimum absolute atomic E-state index is 0. The van der Waals surface area contributed by atoms with E-state index in [2.05, 4.69) is 6.58 Å². The average molecular weight is 201 g/mol. The molecule has 0 aliphatic carbocycles. The van der Waals surface area contributed by atoms with Crippen molar-refractivity contribution in [3.05, 3.63) is 12.7 Å². The van der Waals surface area contributed by atoms with Crippen molar-refractivity contribution < 1.29 is 47.3 Å². The Kier molecular flexibility index (Phi) is 6.97. The molecule has 64 valence electrons. The Balaban J connectivity index is 0. The van der Waals surface area contributed by atoms with Gasteiger partial charge >= 0.3 is 29.6 Å². The third kappa shape index (κ3) is 5.73. The number of hydrogen-bond donors (Lipinski definition) is 1. The molecule has 5 nitrogen and oxygen atoms in total. The second-order valence-corrected chi connectivity index (χ2v) is 3.54. The first-order valence-electron chi connectivity index (χ1n) is 2.75. The van der Waals surface area contributed by atoms with Crippen LogP contribution in [-0.4, -0.2) is 24.3 Å². The molecule has 1 N–H and O–H groups in total. The molecule has 0 fully saturated rings. The van der Waals surface area contributed by atoms with Gasteiger partial charge in [-0.25, -0.2) is 8.42 Å². The third-order valence-corrected chi connectivity index (χ3v) is 1.95. The van der Waals surface area contributed by atoms with E-state index in [4.69, 9.17) is 0 Å². The molecule has 0 bridgehead atoms. The van der Waals surface area contributed by atoms with Crippen molar-refractivity contribution in [3.8, 4) is 0 Å². The summed E-state index contributed by atoms with van der Waals surface area (Å²) in [5.41, 5.74) is 0. The Bertz CT molecular complexity index is 261. The van der Waals surface area contributed by atoms with Crippen molar-refractivity contribution in [1.82, 2.24) is 5.32 Å². The third-order valence-electron chi connectivity index (χ3n) is 0.964. The fourth-order valence-corrected chi connectivity index (χ4v) is 0.592. The topological polar surface area (TPSA) is 86.3 Å². The van der Waals surface area contributed by atoms with Crippen LogP contribution in [0, 0.1) is 0 Å². The second-order valence-electron chi connectivity index (χ2n) is 1.85. The Morgan fingerprint density at radius 2 is 2.08 bits per heavy atom. The van der Waals surface area contributed by atoms with Crippen LogP contribution < -0.4 is 34.9 Å². The van der Waals surface area contributed by atoms with Gasteiger partial charge in [0.2, 0.25) is 5.91 Å². The molecule has 7 heteroatoms. The number of carbonyl (C=O) groups is 1. The average Bonchev–Trinajstić information content (AvgIpc) is 1.85. The molecule has 0 aliphatic heterocycles. The van der Waals surface area contributed by atoms with Gasteiger partial charge in [0.25, 0.3) is 0 Å². The maximum Gasteiger partial charge on any atom is 1.00 e. The van der Waals surface area contributed by atoms with Crippen molar-refractivity contribution in [3.63, 3.8) is 0 Å². The van der Waals surface area contributed by atoms with Gasteiger partial charge in [-0.3, -0.25) is 4.79 Å². The van der Waals surface area contributed by atoms with Crippen LogP contribution in [0.25, 0.3) is 0 Å². The van der Waals surface area contributed by atoms with Crippen LogP contribution >= 0.6 is 0 Å². The van der Waals surface area contributed by atoms with Crippen molar-refractivity contribution >= 4 is 16.0 Å². The molecule has 0 aromatic carbocycles. The van der Waals surface area contributed by atoms with Crippen LogP contribution in [-0.2, 0) is 14.9 Å². The Morgan fingerprint density at radius 3 is 2.33 bits per heavy atom. The zero-order valence-electron chi connectivity index (χ0n) is 6.90. The van der Waals surface area contributed by atoms with Gasteiger partial charge in [-0.2, -0.15) is 0 Å². The smallest absolute Gasteiger partial charge is 0.746 e. The molecule has 0 rings (SSSR count). The van der Waals surface area contributed by atoms with E-state index in [1.807, 2.05) is 5.32 Å². The second kappa shape index (κ2) is 5.71. The molecule has 1 atom stereocenters. The molecular weight excluding hydrogens is 193 g/mol. The fourth-order valence-electron chi connectivity index (χ4n) is 0.331. The number of rotatable bonds is 3. The molecule has 0 saturated carbocycles. The van der Waals surface area contributed by atoms with Crippen molar-refractivity contribution in [2.24, 2.45) is 0 Å². The molecule has 1 unspecified atom stereocenters. The summed E-state index contributed by atoms with van der Waals surface area (Å²) >= 11 is 0. The van der Waals surface area contributed by atoms with Gasteiger partial charge in [0.05, 0.1) is 0 Å². The molecular formula is C5H8NNaO4S. The van der Waals surface area contributed by atoms with E-state index in [1.165, 1.54) is 0 Å². The molecule has 1 amide bonds. The van der Waals surface area contributed by atoms with Gasteiger partial charge in [0.1, 0.15) is 15.5 Å². The fraction of sp³-hybridized carbons (Fsp3) is 0.400. The van der Waals surface area contributed by atoms with Gasteiger partial charge < -0.3 is 9.87 Å². The van der Waals surface area contributed by atoms with E-state index in [9.17, 15) is 17.8 Å². The van der Waals surface area contributed by atoms with Gasteiger partial charge in [-0.15, -0.1) is 0 Å². The number of amides is 1. The molecule has 0 aromatic heterocycles. The van der Waals surface area contributed by atoms with E-state index in [-0.39, 0.29) is 29.6 Å². The minimum atomic E-state index is -4.44. The minimum Gasteiger partial charge on any atom is -0.746 e. The normalized spacial score (nSPS) is 12.5. The van der Waals surface area contributed by atoms with Crippen LogP contribution in [0.3, 0.4) is 0 Å². The van der Waals surface area contributed by atoms with E-state index in [1.54, 1.807) is 0 Å². The Morgan fingerprint density at radius 1 is 1.67 bits per heavy atom. The Hall–Kier alpha value is 0.120. The maximum absolute atomic E-state index is 10.4. The molecule has 0 aliphatic rings. The summed E-state index contributed by atoms with van der Waals surface area (Å²) in [4.78, 5) is 10.4. The Labute approximate surface area is 93.3 Å². The monoisotopic (exact) mass is 201 g/mol. The van der Waals surface area contributed by atoms with E-state index >= 15 is 0 Å². The van der Waals surface area contributed by atoms with Crippen molar-refractivity contribution in [2.45, 2.75) is 12.3 Å². The molecule has 0 aromatic rings. The van der Waals surface area contributed by atoms with Gasteiger partial charge in [0, 0.05) is 0 Å².